The highest BCUT2D eigenvalue weighted by molar-refractivity contribution is 6.30. The Labute approximate surface area is 176 Å². The minimum atomic E-state index is 0.0811. The molecule has 1 unspecified atom stereocenters. The third-order valence-corrected chi connectivity index (χ3v) is 5.95. The molecule has 0 spiro atoms. The minimum Gasteiger partial charge on any atom is -0.459 e. The predicted octanol–water partition coefficient (Wildman–Crippen LogP) is 6.00. The number of para-hydroxylation sites is 2. The summed E-state index contributed by atoms with van der Waals surface area (Å²) in [5.74, 6) is 0.988. The summed E-state index contributed by atoms with van der Waals surface area (Å²) in [5.41, 5.74) is 3.44. The van der Waals surface area contributed by atoms with Crippen molar-refractivity contribution in [3.8, 4) is 0 Å². The normalized spacial score (nSPS) is 16.2. The molecule has 0 aliphatic carbocycles. The number of halogens is 1. The maximum absolute atomic E-state index is 6.29. The van der Waals surface area contributed by atoms with Crippen LogP contribution in [0.25, 0.3) is 11.0 Å². The van der Waals surface area contributed by atoms with Crippen LogP contribution in [0.4, 0.5) is 5.69 Å². The zero-order valence-electron chi connectivity index (χ0n) is 16.2. The van der Waals surface area contributed by atoms with Gasteiger partial charge in [0.1, 0.15) is 11.3 Å². The average Bonchev–Trinajstić information content (AvgIpc) is 3.20. The van der Waals surface area contributed by atoms with Crippen LogP contribution in [0.2, 0.25) is 5.02 Å². The molecule has 0 saturated carbocycles. The van der Waals surface area contributed by atoms with Crippen LogP contribution in [0.5, 0.6) is 0 Å². The van der Waals surface area contributed by atoms with Gasteiger partial charge >= 0.3 is 0 Å². The fourth-order valence-corrected chi connectivity index (χ4v) is 4.34. The summed E-state index contributed by atoms with van der Waals surface area (Å²) < 4.78 is 6.29. The molecule has 2 heterocycles. The Hall–Kier alpha value is -2.75. The first-order valence-electron chi connectivity index (χ1n) is 10.1. The van der Waals surface area contributed by atoms with E-state index >= 15 is 0 Å². The highest BCUT2D eigenvalue weighted by Gasteiger charge is 2.29. The molecule has 0 N–H and O–H groups in total. The van der Waals surface area contributed by atoms with Gasteiger partial charge in [0.2, 0.25) is 0 Å². The van der Waals surface area contributed by atoms with E-state index < -0.39 is 0 Å². The number of furan rings is 1. The van der Waals surface area contributed by atoms with Gasteiger partial charge in [0.25, 0.3) is 0 Å². The fourth-order valence-electron chi connectivity index (χ4n) is 4.21. The number of anilines is 1. The summed E-state index contributed by atoms with van der Waals surface area (Å²) in [6, 6.07) is 29.3. The Kier molecular flexibility index (Phi) is 5.01. The molecule has 146 valence electrons. The first-order chi connectivity index (χ1) is 14.3. The molecule has 5 rings (SSSR count). The van der Waals surface area contributed by atoms with E-state index in [0.717, 1.165) is 47.9 Å². The molecule has 4 heteroatoms. The third kappa shape index (κ3) is 3.76. The molecule has 29 heavy (non-hydrogen) atoms. The number of piperazine rings is 1. The van der Waals surface area contributed by atoms with Crippen molar-refractivity contribution in [2.45, 2.75) is 6.04 Å². The number of nitrogens with zero attached hydrogens (tertiary/aromatic N) is 2. The first kappa shape index (κ1) is 18.3. The first-order valence-corrected chi connectivity index (χ1v) is 10.4. The molecular weight excluding hydrogens is 380 g/mol. The predicted molar refractivity (Wildman–Crippen MR) is 120 cm³/mol. The molecule has 1 aromatic heterocycles. The van der Waals surface area contributed by atoms with Crippen molar-refractivity contribution in [2.24, 2.45) is 0 Å². The van der Waals surface area contributed by atoms with Crippen molar-refractivity contribution in [3.63, 3.8) is 0 Å². The Balaban J connectivity index is 1.45. The summed E-state index contributed by atoms with van der Waals surface area (Å²) >= 11 is 6.16. The molecular formula is C25H23ClN2O. The van der Waals surface area contributed by atoms with Crippen molar-refractivity contribution in [3.05, 3.63) is 101 Å². The van der Waals surface area contributed by atoms with E-state index in [4.69, 9.17) is 16.0 Å². The van der Waals surface area contributed by atoms with Crippen molar-refractivity contribution < 1.29 is 4.42 Å². The second-order valence-electron chi connectivity index (χ2n) is 7.50. The smallest absolute Gasteiger partial charge is 0.134 e. The van der Waals surface area contributed by atoms with E-state index in [-0.39, 0.29) is 6.04 Å². The summed E-state index contributed by atoms with van der Waals surface area (Å²) in [5, 5.41) is 1.90. The summed E-state index contributed by atoms with van der Waals surface area (Å²) in [6.45, 7) is 3.93. The van der Waals surface area contributed by atoms with Crippen LogP contribution >= 0.6 is 11.6 Å². The van der Waals surface area contributed by atoms with E-state index in [1.165, 1.54) is 11.3 Å². The van der Waals surface area contributed by atoms with Crippen LogP contribution in [0, 0.1) is 0 Å². The minimum absolute atomic E-state index is 0.0811. The van der Waals surface area contributed by atoms with E-state index in [0.29, 0.717) is 0 Å². The highest BCUT2D eigenvalue weighted by atomic mass is 35.5. The molecule has 0 radical (unpaired) electrons. The van der Waals surface area contributed by atoms with Crippen molar-refractivity contribution in [1.29, 1.82) is 0 Å². The van der Waals surface area contributed by atoms with Gasteiger partial charge < -0.3 is 9.32 Å². The van der Waals surface area contributed by atoms with Crippen LogP contribution in [0.15, 0.2) is 89.3 Å². The van der Waals surface area contributed by atoms with Gasteiger partial charge in [-0.05, 0) is 42.0 Å². The lowest BCUT2D eigenvalue weighted by molar-refractivity contribution is 0.194. The van der Waals surface area contributed by atoms with Crippen LogP contribution < -0.4 is 4.90 Å². The summed E-state index contributed by atoms with van der Waals surface area (Å²) in [6.07, 6.45) is 0. The molecule has 3 aromatic carbocycles. The lowest BCUT2D eigenvalue weighted by Crippen LogP contribution is -2.47. The van der Waals surface area contributed by atoms with Gasteiger partial charge in [-0.15, -0.1) is 0 Å². The van der Waals surface area contributed by atoms with Gasteiger partial charge in [-0.1, -0.05) is 60.1 Å². The van der Waals surface area contributed by atoms with Gasteiger partial charge in [-0.3, -0.25) is 4.90 Å². The highest BCUT2D eigenvalue weighted by Crippen LogP contribution is 2.34. The Bertz CT molecular complexity index is 1050. The van der Waals surface area contributed by atoms with Gasteiger partial charge in [0.05, 0.1) is 6.04 Å². The monoisotopic (exact) mass is 402 g/mol. The Morgan fingerprint density at radius 1 is 0.759 bits per heavy atom. The number of rotatable bonds is 4. The van der Waals surface area contributed by atoms with E-state index in [2.05, 4.69) is 70.5 Å². The van der Waals surface area contributed by atoms with Crippen LogP contribution in [0.3, 0.4) is 0 Å². The largest absolute Gasteiger partial charge is 0.459 e. The lowest BCUT2D eigenvalue weighted by atomic mass is 10.0. The maximum Gasteiger partial charge on any atom is 0.134 e. The zero-order valence-corrected chi connectivity index (χ0v) is 16.9. The van der Waals surface area contributed by atoms with Gasteiger partial charge in [0, 0.05) is 42.3 Å². The summed E-state index contributed by atoms with van der Waals surface area (Å²) in [4.78, 5) is 4.97. The molecule has 3 nitrogen and oxygen atoms in total. The molecule has 4 aromatic rings. The quantitative estimate of drug-likeness (QED) is 0.417. The second kappa shape index (κ2) is 7.94. The third-order valence-electron chi connectivity index (χ3n) is 5.70. The van der Waals surface area contributed by atoms with Crippen LogP contribution in [0.1, 0.15) is 17.4 Å². The standard InChI is InChI=1S/C25H23ClN2O/c26-21-12-10-19(11-13-21)25(24-18-20-6-4-5-9-23(20)29-24)28-16-14-27(15-17-28)22-7-2-1-3-8-22/h1-13,18,25H,14-17H2. The fraction of sp³-hybridized carbons (Fsp3) is 0.200. The van der Waals surface area contributed by atoms with Crippen molar-refractivity contribution in [2.75, 3.05) is 31.1 Å². The lowest BCUT2D eigenvalue weighted by Gasteiger charge is -2.39. The topological polar surface area (TPSA) is 19.6 Å². The molecule has 0 bridgehead atoms. The number of hydrogen-bond acceptors (Lipinski definition) is 3. The van der Waals surface area contributed by atoms with E-state index in [1.807, 2.05) is 24.3 Å². The van der Waals surface area contributed by atoms with E-state index in [9.17, 15) is 0 Å². The Morgan fingerprint density at radius 2 is 1.45 bits per heavy atom. The van der Waals surface area contributed by atoms with Gasteiger partial charge in [-0.2, -0.15) is 0 Å². The summed E-state index contributed by atoms with van der Waals surface area (Å²) in [7, 11) is 0. The molecule has 1 aliphatic rings. The maximum atomic E-state index is 6.29. The van der Waals surface area contributed by atoms with Gasteiger partial charge in [0.15, 0.2) is 0 Å². The molecule has 1 saturated heterocycles. The van der Waals surface area contributed by atoms with Crippen molar-refractivity contribution in [1.82, 2.24) is 4.90 Å². The number of fused-ring (bicyclic) bond motifs is 1. The molecule has 1 aliphatic heterocycles. The van der Waals surface area contributed by atoms with Crippen LogP contribution in [-0.4, -0.2) is 31.1 Å². The van der Waals surface area contributed by atoms with Crippen molar-refractivity contribution >= 4 is 28.3 Å². The van der Waals surface area contributed by atoms with Gasteiger partial charge in [-0.25, -0.2) is 0 Å². The average molecular weight is 403 g/mol. The number of benzene rings is 3. The molecule has 1 atom stereocenters. The molecule has 1 fully saturated rings. The molecule has 0 amide bonds. The van der Waals surface area contributed by atoms with Crippen LogP contribution in [-0.2, 0) is 0 Å². The number of hydrogen-bond donors (Lipinski definition) is 0. The zero-order chi connectivity index (χ0) is 19.6. The SMILES string of the molecule is Clc1ccc(C(c2cc3ccccc3o2)N2CCN(c3ccccc3)CC2)cc1. The van der Waals surface area contributed by atoms with E-state index in [1.54, 1.807) is 0 Å². The second-order valence-corrected chi connectivity index (χ2v) is 7.94. The Morgan fingerprint density at radius 3 is 2.17 bits per heavy atom.